The second-order valence-electron chi connectivity index (χ2n) is 3.88. The zero-order chi connectivity index (χ0) is 14.0. The van der Waals surface area contributed by atoms with E-state index in [9.17, 15) is 15.2 Å². The van der Waals surface area contributed by atoms with Crippen LogP contribution in [0.2, 0.25) is 0 Å². The Bertz CT molecular complexity index is 604. The Balaban J connectivity index is 0.00000200. The summed E-state index contributed by atoms with van der Waals surface area (Å²) in [6, 6.07) is 3.60. The number of phenolic OH excluding ortho intramolecular Hbond substituents is 1. The number of thiophene rings is 1. The van der Waals surface area contributed by atoms with Crippen molar-refractivity contribution in [3.63, 3.8) is 0 Å². The molecule has 1 atom stereocenters. The van der Waals surface area contributed by atoms with Crippen LogP contribution in [0.25, 0.3) is 0 Å². The Morgan fingerprint density at radius 3 is 2.70 bits per heavy atom. The minimum Gasteiger partial charge on any atom is -0.504 e. The van der Waals surface area contributed by atoms with E-state index in [1.165, 1.54) is 30.6 Å². The molecule has 3 N–H and O–H groups in total. The van der Waals surface area contributed by atoms with Crippen molar-refractivity contribution in [2.45, 2.75) is 6.04 Å². The molecule has 1 aromatic heterocycles. The van der Waals surface area contributed by atoms with Crippen molar-refractivity contribution in [3.05, 3.63) is 50.2 Å². The van der Waals surface area contributed by atoms with Crippen LogP contribution in [-0.4, -0.2) is 17.1 Å². The van der Waals surface area contributed by atoms with E-state index in [1.54, 1.807) is 6.07 Å². The first kappa shape index (κ1) is 16.2. The maximum absolute atomic E-state index is 10.9. The highest BCUT2D eigenvalue weighted by Crippen LogP contribution is 2.39. The molecule has 6 nitrogen and oxygen atoms in total. The predicted molar refractivity (Wildman–Crippen MR) is 78.9 cm³/mol. The summed E-state index contributed by atoms with van der Waals surface area (Å²) in [6.45, 7) is 0. The number of nitrogens with two attached hydrogens (primary N) is 1. The third-order valence-corrected chi connectivity index (χ3v) is 3.46. The summed E-state index contributed by atoms with van der Waals surface area (Å²) >= 11 is 1.46. The molecule has 0 radical (unpaired) electrons. The second-order valence-corrected chi connectivity index (χ2v) is 4.66. The van der Waals surface area contributed by atoms with Gasteiger partial charge in [0.1, 0.15) is 0 Å². The lowest BCUT2D eigenvalue weighted by Crippen LogP contribution is -2.12. The van der Waals surface area contributed by atoms with Gasteiger partial charge in [0.2, 0.25) is 0 Å². The number of hydrogen-bond donors (Lipinski definition) is 2. The lowest BCUT2D eigenvalue weighted by atomic mass is 10.00. The first-order valence-electron chi connectivity index (χ1n) is 5.37. The Morgan fingerprint density at radius 1 is 1.50 bits per heavy atom. The van der Waals surface area contributed by atoms with E-state index >= 15 is 0 Å². The number of rotatable bonds is 4. The Morgan fingerprint density at radius 2 is 2.20 bits per heavy atom. The van der Waals surface area contributed by atoms with Crippen LogP contribution in [-0.2, 0) is 0 Å². The molecule has 0 saturated carbocycles. The number of halogens is 1. The van der Waals surface area contributed by atoms with Gasteiger partial charge in [-0.25, -0.2) is 0 Å². The average Bonchev–Trinajstić information content (AvgIpc) is 2.91. The highest BCUT2D eigenvalue weighted by molar-refractivity contribution is 7.08. The Hall–Kier alpha value is -1.83. The van der Waals surface area contributed by atoms with Crippen molar-refractivity contribution < 1.29 is 14.8 Å². The van der Waals surface area contributed by atoms with Crippen LogP contribution in [0.1, 0.15) is 17.2 Å². The van der Waals surface area contributed by atoms with Crippen molar-refractivity contribution in [2.24, 2.45) is 5.73 Å². The number of hydrogen-bond acceptors (Lipinski definition) is 6. The minimum atomic E-state index is -0.639. The molecule has 0 bridgehead atoms. The van der Waals surface area contributed by atoms with Gasteiger partial charge in [-0.2, -0.15) is 11.3 Å². The Kier molecular flexibility index (Phi) is 5.32. The number of aromatic hydroxyl groups is 1. The summed E-state index contributed by atoms with van der Waals surface area (Å²) in [4.78, 5) is 10.3. The van der Waals surface area contributed by atoms with Gasteiger partial charge >= 0.3 is 0 Å². The molecule has 1 aromatic carbocycles. The number of nitro groups is 1. The largest absolute Gasteiger partial charge is 0.504 e. The molecule has 0 aliphatic carbocycles. The molecule has 0 amide bonds. The van der Waals surface area contributed by atoms with Crippen LogP contribution in [0.15, 0.2) is 29.0 Å². The van der Waals surface area contributed by atoms with E-state index in [2.05, 4.69) is 0 Å². The van der Waals surface area contributed by atoms with Gasteiger partial charge in [-0.15, -0.1) is 12.4 Å². The summed E-state index contributed by atoms with van der Waals surface area (Å²) in [5.41, 5.74) is 6.90. The number of non-ortho nitro benzene ring substituents is 1. The van der Waals surface area contributed by atoms with Crippen LogP contribution in [0.3, 0.4) is 0 Å². The molecule has 2 aromatic rings. The summed E-state index contributed by atoms with van der Waals surface area (Å²) < 4.78 is 4.94. The molecule has 0 saturated heterocycles. The van der Waals surface area contributed by atoms with E-state index in [1.807, 2.05) is 10.8 Å². The number of nitro benzene ring substituents is 1. The lowest BCUT2D eigenvalue weighted by Gasteiger charge is -2.14. The molecule has 0 unspecified atom stereocenters. The average molecular weight is 317 g/mol. The molecular weight excluding hydrogens is 304 g/mol. The smallest absolute Gasteiger partial charge is 0.273 e. The van der Waals surface area contributed by atoms with Crippen LogP contribution in [0, 0.1) is 10.1 Å². The van der Waals surface area contributed by atoms with Gasteiger partial charge in [0.25, 0.3) is 5.69 Å². The third-order valence-electron chi connectivity index (χ3n) is 2.76. The van der Waals surface area contributed by atoms with E-state index < -0.39 is 11.0 Å². The second kappa shape index (κ2) is 6.56. The number of phenols is 1. The van der Waals surface area contributed by atoms with Crippen LogP contribution < -0.4 is 10.5 Å². The quantitative estimate of drug-likeness (QED) is 0.667. The standard InChI is InChI=1S/C12H12N2O4S.ClH/c1-18-10-5-8(14(16)17)4-9(12(10)15)11(13)7-2-3-19-6-7;/h2-6,11,15H,13H2,1H3;1H/t11-;/m0./s1. The predicted octanol–water partition coefficient (Wildman–Crippen LogP) is 2.84. The molecule has 0 spiro atoms. The SMILES string of the molecule is COc1cc([N+](=O)[O-])cc([C@@H](N)c2ccsc2)c1O.Cl. The van der Waals surface area contributed by atoms with Gasteiger partial charge in [-0.1, -0.05) is 0 Å². The highest BCUT2D eigenvalue weighted by Gasteiger charge is 2.22. The van der Waals surface area contributed by atoms with Gasteiger partial charge in [-0.05, 0) is 22.4 Å². The monoisotopic (exact) mass is 316 g/mol. The zero-order valence-electron chi connectivity index (χ0n) is 10.5. The molecular formula is C12H13ClN2O4S. The normalized spacial score (nSPS) is 11.5. The van der Waals surface area contributed by atoms with Crippen LogP contribution in [0.4, 0.5) is 5.69 Å². The zero-order valence-corrected chi connectivity index (χ0v) is 12.1. The minimum absolute atomic E-state index is 0. The molecule has 2 rings (SSSR count). The van der Waals surface area contributed by atoms with Crippen LogP contribution in [0.5, 0.6) is 11.5 Å². The molecule has 8 heteroatoms. The first-order chi connectivity index (χ1) is 9.04. The maximum Gasteiger partial charge on any atom is 0.273 e. The van der Waals surface area contributed by atoms with E-state index in [0.717, 1.165) is 5.56 Å². The fourth-order valence-electron chi connectivity index (χ4n) is 1.74. The third kappa shape index (κ3) is 3.01. The van der Waals surface area contributed by atoms with Crippen LogP contribution >= 0.6 is 23.7 Å². The molecule has 20 heavy (non-hydrogen) atoms. The first-order valence-corrected chi connectivity index (χ1v) is 6.32. The topological polar surface area (TPSA) is 98.6 Å². The van der Waals surface area contributed by atoms with Gasteiger partial charge in [-0.3, -0.25) is 10.1 Å². The van der Waals surface area contributed by atoms with Crippen molar-refractivity contribution in [3.8, 4) is 11.5 Å². The van der Waals surface area contributed by atoms with E-state index in [-0.39, 0.29) is 35.2 Å². The van der Waals surface area contributed by atoms with Gasteiger partial charge in [0, 0.05) is 11.6 Å². The van der Waals surface area contributed by atoms with Crippen molar-refractivity contribution >= 4 is 29.4 Å². The van der Waals surface area contributed by atoms with Crippen molar-refractivity contribution in [2.75, 3.05) is 7.11 Å². The lowest BCUT2D eigenvalue weighted by molar-refractivity contribution is -0.385. The molecule has 108 valence electrons. The fourth-order valence-corrected chi connectivity index (χ4v) is 2.44. The summed E-state index contributed by atoms with van der Waals surface area (Å²) in [7, 11) is 1.33. The summed E-state index contributed by atoms with van der Waals surface area (Å²) in [5.74, 6) is -0.137. The van der Waals surface area contributed by atoms with Gasteiger partial charge in [0.05, 0.1) is 24.1 Å². The van der Waals surface area contributed by atoms with E-state index in [4.69, 9.17) is 10.5 Å². The molecule has 0 aliphatic rings. The summed E-state index contributed by atoms with van der Waals surface area (Å²) in [6.07, 6.45) is 0. The maximum atomic E-state index is 10.9. The van der Waals surface area contributed by atoms with Crippen molar-refractivity contribution in [1.29, 1.82) is 0 Å². The van der Waals surface area contributed by atoms with Crippen molar-refractivity contribution in [1.82, 2.24) is 0 Å². The van der Waals surface area contributed by atoms with Gasteiger partial charge in [0.15, 0.2) is 11.5 Å². The molecule has 0 aliphatic heterocycles. The summed E-state index contributed by atoms with van der Waals surface area (Å²) in [5, 5.41) is 24.6. The number of ether oxygens (including phenoxy) is 1. The van der Waals surface area contributed by atoms with E-state index in [0.29, 0.717) is 0 Å². The molecule has 0 fully saturated rings. The fraction of sp³-hybridized carbons (Fsp3) is 0.167. The highest BCUT2D eigenvalue weighted by atomic mass is 35.5. The number of benzene rings is 1. The Labute approximate surface area is 125 Å². The number of nitrogens with zero attached hydrogens (tertiary/aromatic N) is 1. The number of methoxy groups -OCH3 is 1. The van der Waals surface area contributed by atoms with Gasteiger partial charge < -0.3 is 15.6 Å². The molecule has 1 heterocycles.